The maximum atomic E-state index is 5.36. The Morgan fingerprint density at radius 3 is 2.02 bits per heavy atom. The third-order valence-electron chi connectivity index (χ3n) is 9.20. The summed E-state index contributed by atoms with van der Waals surface area (Å²) in [5.74, 6) is 1.42. The lowest BCUT2D eigenvalue weighted by atomic mass is 10.1. The molecule has 5 aromatic carbocycles. The van der Waals surface area contributed by atoms with Crippen LogP contribution in [0.2, 0.25) is 0 Å². The molecule has 1 aliphatic rings. The van der Waals surface area contributed by atoms with E-state index >= 15 is 0 Å². The molecule has 0 spiro atoms. The molecular weight excluding hydrogens is 627 g/mol. The van der Waals surface area contributed by atoms with Gasteiger partial charge >= 0.3 is 5.96 Å². The molecule has 51 heavy (non-hydrogen) atoms. The van der Waals surface area contributed by atoms with Crippen LogP contribution in [0.5, 0.6) is 0 Å². The number of nitrogens with one attached hydrogen (secondary N) is 1. The van der Waals surface area contributed by atoms with Gasteiger partial charge < -0.3 is 0 Å². The van der Waals surface area contributed by atoms with Crippen LogP contribution in [-0.2, 0) is 6.54 Å². The van der Waals surface area contributed by atoms with Gasteiger partial charge in [0.2, 0.25) is 11.5 Å². The van der Waals surface area contributed by atoms with Crippen LogP contribution in [0.4, 0.5) is 0 Å². The molecule has 9 rings (SSSR count). The molecule has 3 aromatic heterocycles. The fraction of sp³-hybridized carbons (Fsp3) is 0.0455. The van der Waals surface area contributed by atoms with E-state index in [1.165, 1.54) is 0 Å². The van der Waals surface area contributed by atoms with Crippen LogP contribution in [-0.4, -0.2) is 16.8 Å². The van der Waals surface area contributed by atoms with Crippen molar-refractivity contribution < 1.29 is 8.97 Å². The Hall–Kier alpha value is -6.86. The van der Waals surface area contributed by atoms with E-state index in [1.54, 1.807) is 0 Å². The van der Waals surface area contributed by atoms with Crippen LogP contribution >= 0.6 is 0 Å². The van der Waals surface area contributed by atoms with Crippen molar-refractivity contribution in [3.63, 3.8) is 0 Å². The van der Waals surface area contributed by atoms with Crippen molar-refractivity contribution in [1.82, 2.24) is 10.3 Å². The molecule has 0 saturated heterocycles. The number of aromatic nitrogens is 3. The van der Waals surface area contributed by atoms with E-state index in [-0.39, 0.29) is 0 Å². The van der Waals surface area contributed by atoms with Gasteiger partial charge in [-0.2, -0.15) is 4.57 Å². The summed E-state index contributed by atoms with van der Waals surface area (Å²) in [4.78, 5) is 21.1. The van der Waals surface area contributed by atoms with Gasteiger partial charge in [-0.25, -0.2) is 15.3 Å². The topological polar surface area (TPSA) is 70.0 Å². The summed E-state index contributed by atoms with van der Waals surface area (Å²) in [7, 11) is 0. The highest BCUT2D eigenvalue weighted by Crippen LogP contribution is 2.26. The largest absolute Gasteiger partial charge is 0.401 e. The highest BCUT2D eigenvalue weighted by atomic mass is 15.3. The Kier molecular flexibility index (Phi) is 7.63. The summed E-state index contributed by atoms with van der Waals surface area (Å²) in [6.45, 7) is 4.62. The maximum Gasteiger partial charge on any atom is 0.401 e. The summed E-state index contributed by atoms with van der Waals surface area (Å²) in [5, 5.41) is 5.40. The number of pyridine rings is 1. The third kappa shape index (κ3) is 5.41. The summed E-state index contributed by atoms with van der Waals surface area (Å²) < 4.78 is 4.49. The lowest BCUT2D eigenvalue weighted by Gasteiger charge is -2.17. The number of para-hydroxylation sites is 2. The molecule has 8 aromatic rings. The zero-order chi connectivity index (χ0) is 34.1. The maximum absolute atomic E-state index is 5.36. The van der Waals surface area contributed by atoms with Gasteiger partial charge in [0.25, 0.3) is 11.0 Å². The lowest BCUT2D eigenvalue weighted by Crippen LogP contribution is -2.58. The normalized spacial score (nSPS) is 15.3. The van der Waals surface area contributed by atoms with Gasteiger partial charge in [-0.3, -0.25) is 4.99 Å². The minimum absolute atomic E-state index is 0.453. The molecule has 4 heterocycles. The van der Waals surface area contributed by atoms with Crippen molar-refractivity contribution in [1.29, 1.82) is 0 Å². The number of aliphatic imine (C=N–C) groups is 2. The standard InChI is InChI=1S/C44H33N7/c1-2-17-37-39(45-29-30-18-7-3-8-19-30)40-41-38(28-34(46-40)31-20-9-4-10-21-31)51(36-27-16-15-26-35(36)50(37)41)44-48-42(32-22-11-5-12-23-32)47-43(49-44)33-24-13-6-14-25-33/h2-28,42H,1,29H2,(H,47,48,49)/q+2. The molecule has 0 saturated carbocycles. The molecular formula is C44H33N7+2. The molecule has 7 heteroatoms. The zero-order valence-electron chi connectivity index (χ0n) is 27.8. The quantitative estimate of drug-likeness (QED) is 0.169. The van der Waals surface area contributed by atoms with E-state index < -0.39 is 6.17 Å². The van der Waals surface area contributed by atoms with Crippen LogP contribution < -0.4 is 25.0 Å². The molecule has 0 fully saturated rings. The SMILES string of the molecule is C=CC=c1c(=NCc2ccccc2)c2nc(-c3ccccc3)cc3c2[n+]1c1ccccc1[n+]3C1=NC(c2ccccc2)N=C(c2ccccc2)N1. The van der Waals surface area contributed by atoms with E-state index in [0.717, 1.165) is 72.1 Å². The number of hydrogen-bond acceptors (Lipinski definition) is 5. The van der Waals surface area contributed by atoms with E-state index in [2.05, 4.69) is 99.7 Å². The van der Waals surface area contributed by atoms with E-state index in [1.807, 2.05) is 84.9 Å². The fourth-order valence-corrected chi connectivity index (χ4v) is 6.88. The Bertz CT molecular complexity index is 2740. The number of fused-ring (bicyclic) bond motifs is 2. The Morgan fingerprint density at radius 1 is 0.686 bits per heavy atom. The van der Waals surface area contributed by atoms with Crippen LogP contribution in [0.25, 0.3) is 44.9 Å². The smallest absolute Gasteiger partial charge is 0.272 e. The average Bonchev–Trinajstić information content (AvgIpc) is 3.51. The summed E-state index contributed by atoms with van der Waals surface area (Å²) in [6, 6.07) is 51.7. The highest BCUT2D eigenvalue weighted by molar-refractivity contribution is 6.09. The predicted molar refractivity (Wildman–Crippen MR) is 203 cm³/mol. The average molecular weight is 660 g/mol. The van der Waals surface area contributed by atoms with Gasteiger partial charge in [-0.15, -0.1) is 4.40 Å². The third-order valence-corrected chi connectivity index (χ3v) is 9.20. The Balaban J connectivity index is 1.41. The number of amidine groups is 1. The molecule has 0 aliphatic carbocycles. The molecule has 1 unspecified atom stereocenters. The van der Waals surface area contributed by atoms with E-state index in [4.69, 9.17) is 20.0 Å². The van der Waals surface area contributed by atoms with Crippen LogP contribution in [0.3, 0.4) is 0 Å². The van der Waals surface area contributed by atoms with Crippen molar-refractivity contribution >= 4 is 45.5 Å². The van der Waals surface area contributed by atoms with E-state index in [0.29, 0.717) is 12.5 Å². The monoisotopic (exact) mass is 659 g/mol. The van der Waals surface area contributed by atoms with E-state index in [9.17, 15) is 0 Å². The first-order chi connectivity index (χ1) is 25.3. The molecule has 1 atom stereocenters. The molecule has 7 nitrogen and oxygen atoms in total. The molecule has 242 valence electrons. The minimum Gasteiger partial charge on any atom is -0.272 e. The molecule has 0 bridgehead atoms. The molecule has 0 amide bonds. The second kappa shape index (κ2) is 12.9. The number of hydrogen-bond donors (Lipinski definition) is 1. The first kappa shape index (κ1) is 30.2. The van der Waals surface area contributed by atoms with Gasteiger partial charge in [0, 0.05) is 34.9 Å². The molecule has 1 aliphatic heterocycles. The van der Waals surface area contributed by atoms with Crippen molar-refractivity contribution in [3.05, 3.63) is 192 Å². The summed E-state index contributed by atoms with van der Waals surface area (Å²) >= 11 is 0. The number of rotatable bonds is 6. The first-order valence-corrected chi connectivity index (χ1v) is 17.0. The van der Waals surface area contributed by atoms with Crippen LogP contribution in [0.1, 0.15) is 22.9 Å². The zero-order valence-corrected chi connectivity index (χ0v) is 27.8. The van der Waals surface area contributed by atoms with Crippen molar-refractivity contribution in [2.45, 2.75) is 12.7 Å². The number of benzene rings is 5. The Morgan fingerprint density at radius 2 is 1.31 bits per heavy atom. The van der Waals surface area contributed by atoms with Gasteiger partial charge in [0.05, 0.1) is 12.2 Å². The second-order valence-electron chi connectivity index (χ2n) is 12.4. The van der Waals surface area contributed by atoms with Crippen LogP contribution in [0, 0.1) is 0 Å². The number of allylic oxidation sites excluding steroid dienone is 1. The molecule has 1 N–H and O–H groups in total. The summed E-state index contributed by atoms with van der Waals surface area (Å²) in [6.07, 6.45) is 3.41. The predicted octanol–water partition coefficient (Wildman–Crippen LogP) is 6.26. The van der Waals surface area contributed by atoms with Crippen molar-refractivity contribution in [3.8, 4) is 11.3 Å². The van der Waals surface area contributed by atoms with Crippen molar-refractivity contribution in [2.24, 2.45) is 15.0 Å². The Labute approximate surface area is 294 Å². The number of nitrogens with zero attached hydrogens (tertiary/aromatic N) is 6. The second-order valence-corrected chi connectivity index (χ2v) is 12.4. The van der Waals surface area contributed by atoms with Crippen molar-refractivity contribution in [2.75, 3.05) is 0 Å². The highest BCUT2D eigenvalue weighted by Gasteiger charge is 2.35. The van der Waals surface area contributed by atoms with Gasteiger partial charge in [-0.1, -0.05) is 139 Å². The molecule has 0 radical (unpaired) electrons. The fourth-order valence-electron chi connectivity index (χ4n) is 6.88. The van der Waals surface area contributed by atoms with Gasteiger partial charge in [0.1, 0.15) is 0 Å². The first-order valence-electron chi connectivity index (χ1n) is 17.0. The van der Waals surface area contributed by atoms with Gasteiger partial charge in [-0.05, 0) is 23.8 Å². The summed E-state index contributed by atoms with van der Waals surface area (Å²) in [5.41, 5.74) is 9.61. The van der Waals surface area contributed by atoms with Gasteiger partial charge in [0.15, 0.2) is 27.7 Å². The lowest BCUT2D eigenvalue weighted by molar-refractivity contribution is -0.540. The van der Waals surface area contributed by atoms with Crippen LogP contribution in [0.15, 0.2) is 179 Å². The minimum atomic E-state index is -0.453.